The van der Waals surface area contributed by atoms with E-state index in [4.69, 9.17) is 4.74 Å². The Balaban J connectivity index is 2.42. The Morgan fingerprint density at radius 3 is 2.52 bits per heavy atom. The van der Waals surface area contributed by atoms with Crippen LogP contribution in [0.25, 0.3) is 0 Å². The second-order valence-corrected chi connectivity index (χ2v) is 5.51. The Hall–Kier alpha value is -2.80. The zero-order valence-corrected chi connectivity index (χ0v) is 14.0. The molecule has 0 aliphatic carbocycles. The van der Waals surface area contributed by atoms with Crippen LogP contribution in [0.2, 0.25) is 0 Å². The second-order valence-electron chi connectivity index (χ2n) is 5.51. The van der Waals surface area contributed by atoms with Crippen LogP contribution in [-0.2, 0) is 9.53 Å². The van der Waals surface area contributed by atoms with Crippen molar-refractivity contribution in [2.75, 3.05) is 20.3 Å². The summed E-state index contributed by atoms with van der Waals surface area (Å²) in [5, 5.41) is 2.57. The molecule has 0 unspecified atom stereocenters. The summed E-state index contributed by atoms with van der Waals surface area (Å²) in [6.07, 6.45) is 1.45. The number of carbonyl (C=O) groups is 2. The average molecular weight is 346 g/mol. The Morgan fingerprint density at radius 2 is 1.88 bits per heavy atom. The first-order valence-electron chi connectivity index (χ1n) is 7.69. The molecular formula is C18H19FN2O4. The third kappa shape index (κ3) is 4.60. The molecule has 1 aromatic heterocycles. The standard InChI is InChI=1S/C18H19FN2O4/c1-12-3-8-15(22)21(11-12)16(18(24)20-9-10-25-2)17(23)13-4-6-14(19)7-5-13/h3-8,11,16H,9-10H2,1-2H3,(H,20,24)/t16-/m0/s1. The zero-order chi connectivity index (χ0) is 18.4. The van der Waals surface area contributed by atoms with Crippen LogP contribution in [0.1, 0.15) is 22.0 Å². The van der Waals surface area contributed by atoms with Gasteiger partial charge in [0.1, 0.15) is 5.82 Å². The number of aromatic nitrogens is 1. The van der Waals surface area contributed by atoms with Crippen molar-refractivity contribution in [3.63, 3.8) is 0 Å². The number of aryl methyl sites for hydroxylation is 1. The molecule has 0 aliphatic heterocycles. The highest BCUT2D eigenvalue weighted by atomic mass is 19.1. The molecule has 1 atom stereocenters. The van der Waals surface area contributed by atoms with Crippen LogP contribution >= 0.6 is 0 Å². The summed E-state index contributed by atoms with van der Waals surface area (Å²) in [4.78, 5) is 37.5. The van der Waals surface area contributed by atoms with E-state index < -0.39 is 29.1 Å². The molecule has 0 bridgehead atoms. The van der Waals surface area contributed by atoms with Gasteiger partial charge in [-0.2, -0.15) is 0 Å². The smallest absolute Gasteiger partial charge is 0.251 e. The number of pyridine rings is 1. The topological polar surface area (TPSA) is 77.4 Å². The maximum atomic E-state index is 13.1. The predicted octanol–water partition coefficient (Wildman–Crippen LogP) is 1.48. The summed E-state index contributed by atoms with van der Waals surface area (Å²) >= 11 is 0. The average Bonchev–Trinajstić information content (AvgIpc) is 2.59. The number of methoxy groups -OCH3 is 1. The Morgan fingerprint density at radius 1 is 1.20 bits per heavy atom. The van der Waals surface area contributed by atoms with Crippen molar-refractivity contribution in [1.82, 2.24) is 9.88 Å². The van der Waals surface area contributed by atoms with Crippen LogP contribution in [0.3, 0.4) is 0 Å². The van der Waals surface area contributed by atoms with Gasteiger partial charge in [-0.3, -0.25) is 19.0 Å². The molecule has 2 aromatic rings. The van der Waals surface area contributed by atoms with E-state index in [0.717, 1.165) is 22.3 Å². The molecule has 1 aromatic carbocycles. The van der Waals surface area contributed by atoms with Crippen LogP contribution in [0.4, 0.5) is 4.39 Å². The highest BCUT2D eigenvalue weighted by Crippen LogP contribution is 2.15. The normalized spacial score (nSPS) is 11.8. The zero-order valence-electron chi connectivity index (χ0n) is 14.0. The Kier molecular flexibility index (Phi) is 6.19. The van der Waals surface area contributed by atoms with E-state index >= 15 is 0 Å². The molecule has 0 fully saturated rings. The van der Waals surface area contributed by atoms with Crippen LogP contribution in [-0.4, -0.2) is 36.5 Å². The van der Waals surface area contributed by atoms with Gasteiger partial charge in [0.2, 0.25) is 0 Å². The van der Waals surface area contributed by atoms with E-state index in [1.807, 2.05) is 0 Å². The van der Waals surface area contributed by atoms with Gasteiger partial charge >= 0.3 is 0 Å². The van der Waals surface area contributed by atoms with Gasteiger partial charge in [0, 0.05) is 31.5 Å². The number of hydrogen-bond donors (Lipinski definition) is 1. The van der Waals surface area contributed by atoms with Crippen molar-refractivity contribution in [3.05, 3.63) is 69.9 Å². The molecule has 0 saturated heterocycles. The fourth-order valence-corrected chi connectivity index (χ4v) is 2.33. The van der Waals surface area contributed by atoms with Gasteiger partial charge < -0.3 is 10.1 Å². The maximum Gasteiger partial charge on any atom is 0.251 e. The first-order valence-corrected chi connectivity index (χ1v) is 7.69. The number of rotatable bonds is 7. The lowest BCUT2D eigenvalue weighted by Crippen LogP contribution is -2.42. The number of amides is 1. The summed E-state index contributed by atoms with van der Waals surface area (Å²) in [6, 6.07) is 6.35. The molecule has 25 heavy (non-hydrogen) atoms. The third-order valence-corrected chi connectivity index (χ3v) is 3.60. The van der Waals surface area contributed by atoms with E-state index in [9.17, 15) is 18.8 Å². The van der Waals surface area contributed by atoms with Crippen molar-refractivity contribution in [1.29, 1.82) is 0 Å². The fraction of sp³-hybridized carbons (Fsp3) is 0.278. The quantitative estimate of drug-likeness (QED) is 0.468. The largest absolute Gasteiger partial charge is 0.383 e. The number of Topliss-reactive ketones (excluding diaryl/α,β-unsaturated/α-hetero) is 1. The first-order chi connectivity index (χ1) is 11.9. The third-order valence-electron chi connectivity index (χ3n) is 3.60. The van der Waals surface area contributed by atoms with Crippen LogP contribution in [0.5, 0.6) is 0 Å². The van der Waals surface area contributed by atoms with E-state index in [1.165, 1.54) is 31.5 Å². The first kappa shape index (κ1) is 18.5. The van der Waals surface area contributed by atoms with Gasteiger partial charge in [0.15, 0.2) is 11.8 Å². The number of carbonyl (C=O) groups excluding carboxylic acids is 2. The molecule has 1 amide bonds. The SMILES string of the molecule is COCCNC(=O)[C@H](C(=O)c1ccc(F)cc1)n1cc(C)ccc1=O. The molecule has 1 heterocycles. The molecular weight excluding hydrogens is 327 g/mol. The number of ether oxygens (including phenoxy) is 1. The molecule has 6 nitrogen and oxygen atoms in total. The summed E-state index contributed by atoms with van der Waals surface area (Å²) < 4.78 is 19.1. The van der Waals surface area contributed by atoms with E-state index in [-0.39, 0.29) is 18.7 Å². The number of hydrogen-bond acceptors (Lipinski definition) is 4. The van der Waals surface area contributed by atoms with Crippen molar-refractivity contribution < 1.29 is 18.7 Å². The lowest BCUT2D eigenvalue weighted by atomic mass is 10.0. The molecule has 0 spiro atoms. The Labute approximate surface area is 144 Å². The second kappa shape index (κ2) is 8.34. The van der Waals surface area contributed by atoms with Crippen molar-refractivity contribution in [3.8, 4) is 0 Å². The highest BCUT2D eigenvalue weighted by Gasteiger charge is 2.30. The number of benzene rings is 1. The minimum atomic E-state index is -1.38. The van der Waals surface area contributed by atoms with Gasteiger partial charge in [-0.1, -0.05) is 6.07 Å². The molecule has 0 radical (unpaired) electrons. The maximum absolute atomic E-state index is 13.1. The van der Waals surface area contributed by atoms with Crippen molar-refractivity contribution in [2.45, 2.75) is 13.0 Å². The molecule has 0 aliphatic rings. The molecule has 1 N–H and O–H groups in total. The summed E-state index contributed by atoms with van der Waals surface area (Å²) in [6.45, 7) is 2.22. The lowest BCUT2D eigenvalue weighted by Gasteiger charge is -2.19. The molecule has 7 heteroatoms. The van der Waals surface area contributed by atoms with Crippen molar-refractivity contribution in [2.24, 2.45) is 0 Å². The number of nitrogens with zero attached hydrogens (tertiary/aromatic N) is 1. The van der Waals surface area contributed by atoms with Gasteiger partial charge in [0.05, 0.1) is 6.61 Å². The molecule has 132 valence electrons. The summed E-state index contributed by atoms with van der Waals surface area (Å²) in [5.41, 5.74) is 0.385. The van der Waals surface area contributed by atoms with Gasteiger partial charge in [0.25, 0.3) is 11.5 Å². The van der Waals surface area contributed by atoms with Crippen molar-refractivity contribution >= 4 is 11.7 Å². The predicted molar refractivity (Wildman–Crippen MR) is 90.1 cm³/mol. The van der Waals surface area contributed by atoms with Crippen LogP contribution < -0.4 is 10.9 Å². The van der Waals surface area contributed by atoms with Crippen LogP contribution in [0.15, 0.2) is 47.4 Å². The Bertz CT molecular complexity index is 815. The minimum Gasteiger partial charge on any atom is -0.383 e. The van der Waals surface area contributed by atoms with E-state index in [2.05, 4.69) is 5.32 Å². The van der Waals surface area contributed by atoms with Gasteiger partial charge in [-0.05, 0) is 36.8 Å². The van der Waals surface area contributed by atoms with Gasteiger partial charge in [-0.25, -0.2) is 4.39 Å². The number of ketones is 1. The number of halogens is 1. The lowest BCUT2D eigenvalue weighted by molar-refractivity contribution is -0.123. The summed E-state index contributed by atoms with van der Waals surface area (Å²) in [7, 11) is 1.48. The molecule has 0 saturated carbocycles. The van der Waals surface area contributed by atoms with E-state index in [0.29, 0.717) is 0 Å². The fourth-order valence-electron chi connectivity index (χ4n) is 2.33. The number of nitrogens with one attached hydrogen (secondary N) is 1. The highest BCUT2D eigenvalue weighted by molar-refractivity contribution is 6.11. The monoisotopic (exact) mass is 346 g/mol. The van der Waals surface area contributed by atoms with Gasteiger partial charge in [-0.15, -0.1) is 0 Å². The molecule has 2 rings (SSSR count). The summed E-state index contributed by atoms with van der Waals surface area (Å²) in [5.74, 6) is -1.72. The minimum absolute atomic E-state index is 0.140. The van der Waals surface area contributed by atoms with Crippen LogP contribution in [0, 0.1) is 12.7 Å². The van der Waals surface area contributed by atoms with E-state index in [1.54, 1.807) is 13.0 Å².